The van der Waals surface area contributed by atoms with Crippen LogP contribution in [0.3, 0.4) is 0 Å². The molecule has 1 aromatic rings. The number of anilines is 1. The van der Waals surface area contributed by atoms with Crippen LogP contribution in [0.1, 0.15) is 25.8 Å². The van der Waals surface area contributed by atoms with E-state index < -0.39 is 0 Å². The smallest absolute Gasteiger partial charge is 0.0455 e. The molecule has 0 amide bonds. The molecule has 1 aliphatic rings. The Morgan fingerprint density at radius 1 is 1.42 bits per heavy atom. The second kappa shape index (κ2) is 6.62. The van der Waals surface area contributed by atoms with E-state index in [0.717, 1.165) is 48.6 Å². The summed E-state index contributed by atoms with van der Waals surface area (Å²) in [5, 5.41) is 4.44. The van der Waals surface area contributed by atoms with Gasteiger partial charge in [-0.25, -0.2) is 0 Å². The van der Waals surface area contributed by atoms with Gasteiger partial charge in [0, 0.05) is 23.8 Å². The van der Waals surface area contributed by atoms with Gasteiger partial charge in [0.2, 0.25) is 0 Å². The van der Waals surface area contributed by atoms with E-state index in [1.165, 1.54) is 12.1 Å². The van der Waals surface area contributed by atoms with Gasteiger partial charge >= 0.3 is 0 Å². The average molecular weight is 281 g/mol. The molecule has 1 atom stereocenters. The number of nitrogens with one attached hydrogen (secondary N) is 1. The zero-order valence-corrected chi connectivity index (χ0v) is 13.0. The normalized spacial score (nSPS) is 19.4. The Kier molecular flexibility index (Phi) is 5.12. The molecule has 106 valence electrons. The van der Waals surface area contributed by atoms with Crippen LogP contribution in [-0.2, 0) is 0 Å². The highest BCUT2D eigenvalue weighted by molar-refractivity contribution is 6.31. The third kappa shape index (κ3) is 4.12. The molecule has 2 nitrogen and oxygen atoms in total. The van der Waals surface area contributed by atoms with Gasteiger partial charge < -0.3 is 10.2 Å². The van der Waals surface area contributed by atoms with Crippen LogP contribution in [-0.4, -0.2) is 26.2 Å². The van der Waals surface area contributed by atoms with Crippen LogP contribution in [0.4, 0.5) is 5.69 Å². The zero-order valence-electron chi connectivity index (χ0n) is 12.2. The van der Waals surface area contributed by atoms with Crippen molar-refractivity contribution in [3.8, 4) is 0 Å². The molecule has 1 fully saturated rings. The first-order valence-corrected chi connectivity index (χ1v) is 7.66. The first-order chi connectivity index (χ1) is 9.06. The summed E-state index contributed by atoms with van der Waals surface area (Å²) < 4.78 is 0. The highest BCUT2D eigenvalue weighted by Gasteiger charge is 2.22. The quantitative estimate of drug-likeness (QED) is 0.884. The lowest BCUT2D eigenvalue weighted by atomic mass is 10.1. The molecular formula is C16H25ClN2. The minimum atomic E-state index is 0.730. The molecule has 1 N–H and O–H groups in total. The monoisotopic (exact) mass is 280 g/mol. The van der Waals surface area contributed by atoms with Crippen LogP contribution in [0, 0.1) is 18.8 Å². The molecule has 3 heteroatoms. The number of benzene rings is 1. The summed E-state index contributed by atoms with van der Waals surface area (Å²) in [6.07, 6.45) is 1.27. The molecule has 1 aliphatic heterocycles. The molecule has 1 heterocycles. The van der Waals surface area contributed by atoms with E-state index in [1.54, 1.807) is 0 Å². The van der Waals surface area contributed by atoms with Crippen LogP contribution < -0.4 is 10.2 Å². The van der Waals surface area contributed by atoms with E-state index in [-0.39, 0.29) is 0 Å². The summed E-state index contributed by atoms with van der Waals surface area (Å²) >= 11 is 6.21. The lowest BCUT2D eigenvalue weighted by molar-refractivity contribution is 0.477. The van der Waals surface area contributed by atoms with Gasteiger partial charge in [-0.2, -0.15) is 0 Å². The molecule has 19 heavy (non-hydrogen) atoms. The van der Waals surface area contributed by atoms with E-state index in [9.17, 15) is 0 Å². The molecule has 2 rings (SSSR count). The highest BCUT2D eigenvalue weighted by Crippen LogP contribution is 2.27. The molecule has 0 radical (unpaired) electrons. The maximum absolute atomic E-state index is 6.21. The summed E-state index contributed by atoms with van der Waals surface area (Å²) in [5.74, 6) is 1.49. The van der Waals surface area contributed by atoms with Gasteiger partial charge in [0.05, 0.1) is 0 Å². The Morgan fingerprint density at radius 3 is 2.89 bits per heavy atom. The van der Waals surface area contributed by atoms with Gasteiger partial charge in [-0.05, 0) is 56.0 Å². The summed E-state index contributed by atoms with van der Waals surface area (Å²) in [4.78, 5) is 2.45. The minimum absolute atomic E-state index is 0.730. The Hall–Kier alpha value is -0.730. The molecule has 1 unspecified atom stereocenters. The molecular weight excluding hydrogens is 256 g/mol. The van der Waals surface area contributed by atoms with E-state index >= 15 is 0 Å². The van der Waals surface area contributed by atoms with Crippen molar-refractivity contribution in [1.29, 1.82) is 0 Å². The topological polar surface area (TPSA) is 15.3 Å². The number of halogens is 1. The van der Waals surface area contributed by atoms with Crippen molar-refractivity contribution in [2.24, 2.45) is 11.8 Å². The molecule has 1 aromatic carbocycles. The van der Waals surface area contributed by atoms with Crippen LogP contribution in [0.2, 0.25) is 5.02 Å². The van der Waals surface area contributed by atoms with Crippen LogP contribution >= 0.6 is 11.6 Å². The van der Waals surface area contributed by atoms with E-state index in [2.05, 4.69) is 49.2 Å². The van der Waals surface area contributed by atoms with Gasteiger partial charge in [-0.3, -0.25) is 0 Å². The SMILES string of the molecule is Cc1ccc(N2CCC(CNCC(C)C)C2)cc1Cl. The average Bonchev–Trinajstić information content (AvgIpc) is 2.81. The fourth-order valence-corrected chi connectivity index (χ4v) is 2.76. The summed E-state index contributed by atoms with van der Waals surface area (Å²) in [6.45, 7) is 11.1. The number of nitrogens with zero attached hydrogens (tertiary/aromatic N) is 1. The van der Waals surface area contributed by atoms with E-state index in [1.807, 2.05) is 0 Å². The summed E-state index contributed by atoms with van der Waals surface area (Å²) in [5.41, 5.74) is 2.42. The molecule has 0 aromatic heterocycles. The van der Waals surface area contributed by atoms with Crippen LogP contribution in [0.15, 0.2) is 18.2 Å². The first kappa shape index (κ1) is 14.7. The fraction of sp³-hybridized carbons (Fsp3) is 0.625. The Bertz CT molecular complexity index is 417. The third-order valence-electron chi connectivity index (χ3n) is 3.79. The standard InChI is InChI=1S/C16H25ClN2/c1-12(2)9-18-10-14-6-7-19(11-14)15-5-4-13(3)16(17)8-15/h4-5,8,12,14,18H,6-7,9-11H2,1-3H3. The van der Waals surface area contributed by atoms with E-state index in [0.29, 0.717) is 0 Å². The van der Waals surface area contributed by atoms with Crippen molar-refractivity contribution < 1.29 is 0 Å². The van der Waals surface area contributed by atoms with Gasteiger partial charge in [0.15, 0.2) is 0 Å². The lowest BCUT2D eigenvalue weighted by Gasteiger charge is -2.20. The van der Waals surface area contributed by atoms with Gasteiger partial charge in [0.25, 0.3) is 0 Å². The second-order valence-electron chi connectivity index (χ2n) is 6.09. The van der Waals surface area contributed by atoms with Crippen LogP contribution in [0.25, 0.3) is 0 Å². The molecule has 0 saturated carbocycles. The van der Waals surface area contributed by atoms with Crippen LogP contribution in [0.5, 0.6) is 0 Å². The molecule has 0 aliphatic carbocycles. The lowest BCUT2D eigenvalue weighted by Crippen LogP contribution is -2.28. The van der Waals surface area contributed by atoms with E-state index in [4.69, 9.17) is 11.6 Å². The summed E-state index contributed by atoms with van der Waals surface area (Å²) in [6, 6.07) is 6.40. The first-order valence-electron chi connectivity index (χ1n) is 7.28. The van der Waals surface area contributed by atoms with Crippen molar-refractivity contribution in [3.05, 3.63) is 28.8 Å². The number of hydrogen-bond acceptors (Lipinski definition) is 2. The minimum Gasteiger partial charge on any atom is -0.371 e. The van der Waals surface area contributed by atoms with Crippen molar-refractivity contribution in [2.45, 2.75) is 27.2 Å². The highest BCUT2D eigenvalue weighted by atomic mass is 35.5. The maximum Gasteiger partial charge on any atom is 0.0455 e. The van der Waals surface area contributed by atoms with Gasteiger partial charge in [-0.15, -0.1) is 0 Å². The molecule has 0 spiro atoms. The van der Waals surface area contributed by atoms with Gasteiger partial charge in [0.1, 0.15) is 0 Å². The van der Waals surface area contributed by atoms with Crippen molar-refractivity contribution in [1.82, 2.24) is 5.32 Å². The van der Waals surface area contributed by atoms with Crippen molar-refractivity contribution >= 4 is 17.3 Å². The number of aryl methyl sites for hydroxylation is 1. The predicted octanol–water partition coefficient (Wildman–Crippen LogP) is 3.72. The van der Waals surface area contributed by atoms with Crippen molar-refractivity contribution in [2.75, 3.05) is 31.1 Å². The number of rotatable bonds is 5. The predicted molar refractivity (Wildman–Crippen MR) is 84.2 cm³/mol. The number of hydrogen-bond donors (Lipinski definition) is 1. The zero-order chi connectivity index (χ0) is 13.8. The molecule has 0 bridgehead atoms. The Balaban J connectivity index is 1.85. The molecule has 1 saturated heterocycles. The fourth-order valence-electron chi connectivity index (χ4n) is 2.59. The Morgan fingerprint density at radius 2 is 2.21 bits per heavy atom. The summed E-state index contributed by atoms with van der Waals surface area (Å²) in [7, 11) is 0. The Labute approximate surface area is 122 Å². The van der Waals surface area contributed by atoms with Gasteiger partial charge in [-0.1, -0.05) is 31.5 Å². The second-order valence-corrected chi connectivity index (χ2v) is 6.49. The third-order valence-corrected chi connectivity index (χ3v) is 4.20. The largest absolute Gasteiger partial charge is 0.371 e. The maximum atomic E-state index is 6.21. The van der Waals surface area contributed by atoms with Crippen molar-refractivity contribution in [3.63, 3.8) is 0 Å².